The molecule has 0 amide bonds. The summed E-state index contributed by atoms with van der Waals surface area (Å²) in [7, 11) is 0. The van der Waals surface area contributed by atoms with Crippen LogP contribution >= 0.6 is 0 Å². The SMILES string of the molecule is Cc1ccc(C(O)NC2CC2)cc1-c1ccc2nc(N[C@H](Cc3ccccc3)C(=O)O)ncc2c1. The van der Waals surface area contributed by atoms with Gasteiger partial charge in [0.05, 0.1) is 5.52 Å². The molecule has 7 nitrogen and oxygen atoms in total. The number of anilines is 1. The molecule has 0 bridgehead atoms. The van der Waals surface area contributed by atoms with E-state index in [-0.39, 0.29) is 5.95 Å². The maximum Gasteiger partial charge on any atom is 0.326 e. The van der Waals surface area contributed by atoms with Crippen molar-refractivity contribution in [2.45, 2.75) is 44.5 Å². The van der Waals surface area contributed by atoms with Gasteiger partial charge >= 0.3 is 5.97 Å². The second kappa shape index (κ2) is 9.82. The van der Waals surface area contributed by atoms with E-state index in [0.29, 0.717) is 12.5 Å². The number of carbonyl (C=O) groups is 1. The standard InChI is InChI=1S/C28H28N4O3/c1-17-7-8-20(26(33)30-22-10-11-22)15-23(17)19-9-12-24-21(14-19)16-29-28(31-24)32-25(27(34)35)13-18-5-3-2-4-6-18/h2-9,12,14-16,22,25-26,30,33H,10-11,13H2,1H3,(H,34,35)(H,29,31,32)/t25-,26?/m1/s1. The summed E-state index contributed by atoms with van der Waals surface area (Å²) in [6, 6.07) is 21.0. The number of benzene rings is 3. The van der Waals surface area contributed by atoms with E-state index in [2.05, 4.69) is 20.6 Å². The van der Waals surface area contributed by atoms with Crippen molar-refractivity contribution in [3.05, 3.63) is 89.6 Å². The van der Waals surface area contributed by atoms with Gasteiger partial charge in [-0.1, -0.05) is 48.5 Å². The summed E-state index contributed by atoms with van der Waals surface area (Å²) >= 11 is 0. The van der Waals surface area contributed by atoms with Crippen molar-refractivity contribution in [1.82, 2.24) is 15.3 Å². The van der Waals surface area contributed by atoms with Crippen LogP contribution in [0.4, 0.5) is 5.95 Å². The van der Waals surface area contributed by atoms with Crippen molar-refractivity contribution in [1.29, 1.82) is 0 Å². The number of carboxylic acid groups (broad SMARTS) is 1. The normalized spacial score (nSPS) is 15.0. The number of hydrogen-bond acceptors (Lipinski definition) is 6. The predicted octanol–water partition coefficient (Wildman–Crippen LogP) is 4.46. The van der Waals surface area contributed by atoms with Gasteiger partial charge in [0.15, 0.2) is 0 Å². The molecule has 178 valence electrons. The number of aryl methyl sites for hydroxylation is 1. The fourth-order valence-corrected chi connectivity index (χ4v) is 4.17. The Morgan fingerprint density at radius 2 is 1.89 bits per heavy atom. The van der Waals surface area contributed by atoms with E-state index in [9.17, 15) is 15.0 Å². The highest BCUT2D eigenvalue weighted by Crippen LogP contribution is 2.30. The van der Waals surface area contributed by atoms with Crippen LogP contribution in [-0.2, 0) is 11.2 Å². The molecule has 5 rings (SSSR count). The number of nitrogens with one attached hydrogen (secondary N) is 2. The van der Waals surface area contributed by atoms with Gasteiger partial charge < -0.3 is 15.5 Å². The first-order valence-electron chi connectivity index (χ1n) is 11.8. The molecule has 0 aliphatic heterocycles. The number of aliphatic carboxylic acids is 1. The number of hydrogen-bond donors (Lipinski definition) is 4. The van der Waals surface area contributed by atoms with Crippen molar-refractivity contribution in [3.63, 3.8) is 0 Å². The van der Waals surface area contributed by atoms with E-state index in [0.717, 1.165) is 51.6 Å². The third-order valence-electron chi connectivity index (χ3n) is 6.32. The van der Waals surface area contributed by atoms with Crippen molar-refractivity contribution >= 4 is 22.8 Å². The van der Waals surface area contributed by atoms with Gasteiger partial charge in [0.2, 0.25) is 5.95 Å². The van der Waals surface area contributed by atoms with Crippen molar-refractivity contribution < 1.29 is 15.0 Å². The average Bonchev–Trinajstić information content (AvgIpc) is 3.68. The summed E-state index contributed by atoms with van der Waals surface area (Å²) in [5.41, 5.74) is 5.64. The van der Waals surface area contributed by atoms with Gasteiger partial charge in [-0.15, -0.1) is 0 Å². The lowest BCUT2D eigenvalue weighted by atomic mass is 9.96. The molecular formula is C28H28N4O3. The van der Waals surface area contributed by atoms with Crippen LogP contribution in [0.5, 0.6) is 0 Å². The first kappa shape index (κ1) is 23.0. The Labute approximate surface area is 203 Å². The highest BCUT2D eigenvalue weighted by molar-refractivity contribution is 5.85. The molecule has 3 aromatic carbocycles. The summed E-state index contributed by atoms with van der Waals surface area (Å²) in [6.45, 7) is 2.05. The second-order valence-corrected chi connectivity index (χ2v) is 9.11. The number of nitrogens with zero attached hydrogens (tertiary/aromatic N) is 2. The van der Waals surface area contributed by atoms with Crippen LogP contribution in [0.2, 0.25) is 0 Å². The van der Waals surface area contributed by atoms with E-state index in [4.69, 9.17) is 0 Å². The predicted molar refractivity (Wildman–Crippen MR) is 136 cm³/mol. The first-order valence-corrected chi connectivity index (χ1v) is 11.8. The minimum atomic E-state index is -0.957. The molecule has 4 aromatic rings. The molecule has 35 heavy (non-hydrogen) atoms. The highest BCUT2D eigenvalue weighted by Gasteiger charge is 2.24. The molecule has 1 heterocycles. The summed E-state index contributed by atoms with van der Waals surface area (Å²) < 4.78 is 0. The fraction of sp³-hybridized carbons (Fsp3) is 0.250. The van der Waals surface area contributed by atoms with E-state index >= 15 is 0 Å². The Bertz CT molecular complexity index is 1360. The molecule has 4 N–H and O–H groups in total. The molecule has 0 saturated heterocycles. The van der Waals surface area contributed by atoms with Crippen molar-refractivity contribution in [3.8, 4) is 11.1 Å². The molecule has 0 spiro atoms. The average molecular weight is 469 g/mol. The topological polar surface area (TPSA) is 107 Å². The van der Waals surface area contributed by atoms with Crippen LogP contribution in [0.25, 0.3) is 22.0 Å². The van der Waals surface area contributed by atoms with E-state index < -0.39 is 18.2 Å². The summed E-state index contributed by atoms with van der Waals surface area (Å²) in [5.74, 6) is -0.678. The van der Waals surface area contributed by atoms with Gasteiger partial charge in [-0.2, -0.15) is 0 Å². The number of rotatable bonds is 9. The maximum absolute atomic E-state index is 11.8. The molecule has 1 unspecified atom stereocenters. The van der Waals surface area contributed by atoms with Gasteiger partial charge in [0, 0.05) is 24.0 Å². The van der Waals surface area contributed by atoms with Crippen LogP contribution in [0, 0.1) is 6.92 Å². The smallest absolute Gasteiger partial charge is 0.326 e. The molecule has 0 radical (unpaired) electrons. The minimum absolute atomic E-state index is 0.279. The highest BCUT2D eigenvalue weighted by atomic mass is 16.4. The maximum atomic E-state index is 11.8. The lowest BCUT2D eigenvalue weighted by Crippen LogP contribution is -2.32. The Kier molecular flexibility index (Phi) is 6.44. The summed E-state index contributed by atoms with van der Waals surface area (Å²) in [5, 5.41) is 27.2. The Balaban J connectivity index is 1.37. The Morgan fingerprint density at radius 1 is 1.09 bits per heavy atom. The molecule has 1 aromatic heterocycles. The second-order valence-electron chi connectivity index (χ2n) is 9.11. The van der Waals surface area contributed by atoms with Gasteiger partial charge in [-0.3, -0.25) is 5.32 Å². The van der Waals surface area contributed by atoms with Crippen LogP contribution in [0.3, 0.4) is 0 Å². The van der Waals surface area contributed by atoms with Gasteiger partial charge in [-0.05, 0) is 65.8 Å². The lowest BCUT2D eigenvalue weighted by Gasteiger charge is -2.16. The Hall–Kier alpha value is -3.81. The zero-order chi connectivity index (χ0) is 24.4. The number of aromatic nitrogens is 2. The van der Waals surface area contributed by atoms with Crippen LogP contribution in [-0.4, -0.2) is 38.2 Å². The molecule has 7 heteroatoms. The number of aliphatic hydroxyl groups excluding tert-OH is 1. The zero-order valence-corrected chi connectivity index (χ0v) is 19.5. The Morgan fingerprint density at radius 3 is 2.63 bits per heavy atom. The van der Waals surface area contributed by atoms with E-state index in [1.54, 1.807) is 6.20 Å². The van der Waals surface area contributed by atoms with E-state index in [1.807, 2.05) is 73.7 Å². The van der Waals surface area contributed by atoms with Gasteiger partial charge in [0.1, 0.15) is 12.3 Å². The number of carboxylic acids is 1. The number of aliphatic hydroxyl groups is 1. The quantitative estimate of drug-likeness (QED) is 0.269. The first-order chi connectivity index (χ1) is 17.0. The van der Waals surface area contributed by atoms with Crippen LogP contribution < -0.4 is 10.6 Å². The molecular weight excluding hydrogens is 440 g/mol. The molecule has 1 fully saturated rings. The largest absolute Gasteiger partial charge is 0.480 e. The lowest BCUT2D eigenvalue weighted by molar-refractivity contribution is -0.137. The van der Waals surface area contributed by atoms with Crippen LogP contribution in [0.1, 0.15) is 35.8 Å². The number of fused-ring (bicyclic) bond motifs is 1. The van der Waals surface area contributed by atoms with Gasteiger partial charge in [-0.25, -0.2) is 14.8 Å². The third kappa shape index (κ3) is 5.48. The molecule has 1 aliphatic carbocycles. The zero-order valence-electron chi connectivity index (χ0n) is 19.5. The third-order valence-corrected chi connectivity index (χ3v) is 6.32. The summed E-state index contributed by atoms with van der Waals surface area (Å²) in [6.07, 6.45) is 3.57. The molecule has 1 saturated carbocycles. The van der Waals surface area contributed by atoms with Crippen molar-refractivity contribution in [2.24, 2.45) is 0 Å². The monoisotopic (exact) mass is 468 g/mol. The molecule has 2 atom stereocenters. The van der Waals surface area contributed by atoms with Gasteiger partial charge in [0.25, 0.3) is 0 Å². The molecule has 1 aliphatic rings. The summed E-state index contributed by atoms with van der Waals surface area (Å²) in [4.78, 5) is 20.7. The minimum Gasteiger partial charge on any atom is -0.480 e. The van der Waals surface area contributed by atoms with E-state index in [1.165, 1.54) is 0 Å². The van der Waals surface area contributed by atoms with Crippen molar-refractivity contribution in [2.75, 3.05) is 5.32 Å². The fourth-order valence-electron chi connectivity index (χ4n) is 4.17. The van der Waals surface area contributed by atoms with Crippen LogP contribution in [0.15, 0.2) is 72.9 Å².